The largest absolute Gasteiger partial charge is 0.330 e. The Balaban J connectivity index is 1.41. The summed E-state index contributed by atoms with van der Waals surface area (Å²) in [4.78, 5) is 0. The quantitative estimate of drug-likeness (QED) is 0.309. The first-order valence-electron chi connectivity index (χ1n) is 10.4. The van der Waals surface area contributed by atoms with Crippen LogP contribution >= 0.6 is 35.4 Å². The fourth-order valence-corrected chi connectivity index (χ4v) is 4.27. The zero-order valence-corrected chi connectivity index (χ0v) is 20.9. The zero-order valence-electron chi connectivity index (χ0n) is 18.6. The van der Waals surface area contributed by atoms with Gasteiger partial charge >= 0.3 is 0 Å². The highest BCUT2D eigenvalue weighted by Gasteiger charge is 2.14. The van der Waals surface area contributed by atoms with E-state index in [2.05, 4.69) is 52.0 Å². The minimum atomic E-state index is 0.463. The van der Waals surface area contributed by atoms with Gasteiger partial charge in [0, 0.05) is 21.8 Å². The molecule has 9 heteroatoms. The first-order valence-corrected chi connectivity index (χ1v) is 11.6. The molecule has 2 N–H and O–H groups in total. The van der Waals surface area contributed by atoms with Crippen LogP contribution in [-0.2, 0) is 13.1 Å². The van der Waals surface area contributed by atoms with Crippen LogP contribution in [0.3, 0.4) is 0 Å². The first kappa shape index (κ1) is 23.3. The molecule has 0 atom stereocenters. The minimum absolute atomic E-state index is 0.463. The molecular weight excluding hydrogens is 475 g/mol. The van der Waals surface area contributed by atoms with Crippen LogP contribution in [0.2, 0.25) is 10.0 Å². The van der Waals surface area contributed by atoms with Crippen LogP contribution in [0.5, 0.6) is 0 Å². The average molecular weight is 499 g/mol. The number of aromatic nitrogens is 4. The molecule has 4 aromatic rings. The second-order valence-corrected chi connectivity index (χ2v) is 9.12. The van der Waals surface area contributed by atoms with Crippen molar-refractivity contribution < 1.29 is 0 Å². The van der Waals surface area contributed by atoms with Crippen molar-refractivity contribution in [3.8, 4) is 0 Å². The van der Waals surface area contributed by atoms with E-state index in [9.17, 15) is 0 Å². The lowest BCUT2D eigenvalue weighted by Crippen LogP contribution is -2.19. The van der Waals surface area contributed by atoms with E-state index in [1.54, 1.807) is 10.9 Å². The van der Waals surface area contributed by atoms with Gasteiger partial charge in [0.25, 0.3) is 0 Å². The molecule has 2 aromatic heterocycles. The van der Waals surface area contributed by atoms with Crippen LogP contribution in [-0.4, -0.2) is 24.7 Å². The van der Waals surface area contributed by atoms with Crippen molar-refractivity contribution in [1.29, 1.82) is 0 Å². The molecule has 0 spiro atoms. The molecule has 0 fully saturated rings. The summed E-state index contributed by atoms with van der Waals surface area (Å²) in [5, 5.41) is 17.2. The Morgan fingerprint density at radius 3 is 2.36 bits per heavy atom. The summed E-state index contributed by atoms with van der Waals surface area (Å²) in [7, 11) is 0. The normalized spacial score (nSPS) is 10.9. The molecule has 2 aromatic carbocycles. The Hall–Kier alpha value is -2.87. The van der Waals surface area contributed by atoms with Crippen LogP contribution in [0.15, 0.2) is 54.9 Å². The molecule has 0 aliphatic heterocycles. The van der Waals surface area contributed by atoms with Crippen LogP contribution in [0, 0.1) is 20.8 Å². The van der Waals surface area contributed by atoms with Gasteiger partial charge in [0.2, 0.25) is 0 Å². The number of halogens is 2. The van der Waals surface area contributed by atoms with E-state index in [1.165, 1.54) is 11.1 Å². The summed E-state index contributed by atoms with van der Waals surface area (Å²) < 4.78 is 3.74. The van der Waals surface area contributed by atoms with Gasteiger partial charge in [0.15, 0.2) is 5.11 Å². The minimum Gasteiger partial charge on any atom is -0.330 e. The van der Waals surface area contributed by atoms with Crippen molar-refractivity contribution >= 4 is 51.9 Å². The van der Waals surface area contributed by atoms with Gasteiger partial charge in [-0.05, 0) is 50.7 Å². The fraction of sp³-hybridized carbons (Fsp3) is 0.208. The highest BCUT2D eigenvalue weighted by Crippen LogP contribution is 2.25. The Morgan fingerprint density at radius 2 is 1.67 bits per heavy atom. The predicted molar refractivity (Wildman–Crippen MR) is 140 cm³/mol. The highest BCUT2D eigenvalue weighted by atomic mass is 35.5. The Morgan fingerprint density at radius 1 is 0.970 bits per heavy atom. The zero-order chi connectivity index (χ0) is 23.5. The fourth-order valence-electron chi connectivity index (χ4n) is 3.53. The second-order valence-electron chi connectivity index (χ2n) is 7.89. The van der Waals surface area contributed by atoms with Crippen LogP contribution in [0.1, 0.15) is 28.1 Å². The second kappa shape index (κ2) is 9.95. The van der Waals surface area contributed by atoms with Gasteiger partial charge in [-0.1, -0.05) is 59.1 Å². The van der Waals surface area contributed by atoms with E-state index in [1.807, 2.05) is 42.9 Å². The molecule has 0 aliphatic rings. The number of aryl methyl sites for hydroxylation is 2. The summed E-state index contributed by atoms with van der Waals surface area (Å²) in [6, 6.07) is 13.9. The van der Waals surface area contributed by atoms with Gasteiger partial charge < -0.3 is 10.6 Å². The molecular formula is C24H24Cl2N6S. The molecule has 170 valence electrons. The highest BCUT2D eigenvalue weighted by molar-refractivity contribution is 7.80. The predicted octanol–water partition coefficient (Wildman–Crippen LogP) is 6.22. The third kappa shape index (κ3) is 5.55. The molecule has 0 amide bonds. The number of anilines is 2. The van der Waals surface area contributed by atoms with Crippen molar-refractivity contribution in [2.24, 2.45) is 0 Å². The first-order chi connectivity index (χ1) is 15.8. The smallest absolute Gasteiger partial charge is 0.175 e. The monoisotopic (exact) mass is 498 g/mol. The van der Waals surface area contributed by atoms with E-state index in [-0.39, 0.29) is 0 Å². The van der Waals surface area contributed by atoms with E-state index < -0.39 is 0 Å². The third-order valence-corrected chi connectivity index (χ3v) is 6.26. The molecule has 0 unspecified atom stereocenters. The van der Waals surface area contributed by atoms with E-state index in [0.717, 1.165) is 28.3 Å². The molecule has 0 saturated heterocycles. The maximum absolute atomic E-state index is 6.27. The van der Waals surface area contributed by atoms with E-state index >= 15 is 0 Å². The van der Waals surface area contributed by atoms with Crippen molar-refractivity contribution in [3.63, 3.8) is 0 Å². The standard InChI is InChI=1S/C24H24Cl2N6S/c1-15-7-9-18(10-8-15)12-32-17(3)23(16(2)30-32)29-24(33)28-19-11-27-31(13-19)14-20-21(25)5-4-6-22(20)26/h4-11,13H,12,14H2,1-3H3,(H2,28,29,33). The number of thiocarbonyl (C=S) groups is 1. The molecule has 4 rings (SSSR count). The molecule has 33 heavy (non-hydrogen) atoms. The van der Waals surface area contributed by atoms with Crippen LogP contribution in [0.25, 0.3) is 0 Å². The molecule has 0 bridgehead atoms. The third-order valence-electron chi connectivity index (χ3n) is 5.35. The molecule has 6 nitrogen and oxygen atoms in total. The number of hydrogen-bond donors (Lipinski definition) is 2. The Bertz CT molecular complexity index is 1270. The van der Waals surface area contributed by atoms with Crippen LogP contribution < -0.4 is 10.6 Å². The number of benzene rings is 2. The van der Waals surface area contributed by atoms with Crippen molar-refractivity contribution in [2.45, 2.75) is 33.9 Å². The van der Waals surface area contributed by atoms with E-state index in [0.29, 0.717) is 28.2 Å². The van der Waals surface area contributed by atoms with Gasteiger partial charge in [-0.15, -0.1) is 0 Å². The lowest BCUT2D eigenvalue weighted by molar-refractivity contribution is 0.659. The summed E-state index contributed by atoms with van der Waals surface area (Å²) in [6.07, 6.45) is 3.56. The summed E-state index contributed by atoms with van der Waals surface area (Å²) in [5.74, 6) is 0. The van der Waals surface area contributed by atoms with Gasteiger partial charge in [-0.2, -0.15) is 10.2 Å². The number of hydrogen-bond acceptors (Lipinski definition) is 3. The Labute approximate surface area is 208 Å². The van der Waals surface area contributed by atoms with Gasteiger partial charge in [0.05, 0.1) is 42.0 Å². The summed E-state index contributed by atoms with van der Waals surface area (Å²) in [6.45, 7) is 7.24. The maximum atomic E-state index is 6.27. The molecule has 0 aliphatic carbocycles. The van der Waals surface area contributed by atoms with Crippen molar-refractivity contribution in [3.05, 3.63) is 93.0 Å². The molecule has 0 radical (unpaired) electrons. The lowest BCUT2D eigenvalue weighted by Gasteiger charge is -2.10. The SMILES string of the molecule is Cc1ccc(Cn2nc(C)c(NC(=S)Nc3cnn(Cc4c(Cl)cccc4Cl)c3)c2C)cc1. The average Bonchev–Trinajstić information content (AvgIpc) is 3.31. The summed E-state index contributed by atoms with van der Waals surface area (Å²) in [5.41, 5.74) is 6.82. The Kier molecular flexibility index (Phi) is 7.02. The molecule has 2 heterocycles. The van der Waals surface area contributed by atoms with Gasteiger partial charge in [0.1, 0.15) is 0 Å². The van der Waals surface area contributed by atoms with Gasteiger partial charge in [-0.25, -0.2) is 0 Å². The summed E-state index contributed by atoms with van der Waals surface area (Å²) >= 11 is 18.1. The topological polar surface area (TPSA) is 59.7 Å². The number of nitrogens with one attached hydrogen (secondary N) is 2. The van der Waals surface area contributed by atoms with Crippen LogP contribution in [0.4, 0.5) is 11.4 Å². The number of nitrogens with zero attached hydrogens (tertiary/aromatic N) is 4. The van der Waals surface area contributed by atoms with Crippen molar-refractivity contribution in [2.75, 3.05) is 10.6 Å². The molecule has 0 saturated carbocycles. The van der Waals surface area contributed by atoms with E-state index in [4.69, 9.17) is 35.4 Å². The van der Waals surface area contributed by atoms with Crippen molar-refractivity contribution in [1.82, 2.24) is 19.6 Å². The van der Waals surface area contributed by atoms with Gasteiger partial charge in [-0.3, -0.25) is 9.36 Å². The lowest BCUT2D eigenvalue weighted by atomic mass is 10.1. The maximum Gasteiger partial charge on any atom is 0.175 e. The number of rotatable bonds is 6.